The quantitative estimate of drug-likeness (QED) is 0.111. The Morgan fingerprint density at radius 1 is 0.917 bits per heavy atom. The predicted octanol–water partition coefficient (Wildman–Crippen LogP) is 5.58. The fraction of sp³-hybridized carbons (Fsp3) is 0.0909. The van der Waals surface area contributed by atoms with Crippen molar-refractivity contribution < 1.29 is 33.6 Å². The molecule has 0 amide bonds. The van der Waals surface area contributed by atoms with Gasteiger partial charge in [-0.2, -0.15) is 0 Å². The lowest BCUT2D eigenvalue weighted by molar-refractivity contribution is 0.0309. The smallest absolute Gasteiger partial charge is 0.497 e. The number of hydrogen-bond acceptors (Lipinski definition) is 11. The van der Waals surface area contributed by atoms with E-state index in [1.165, 1.54) is 18.2 Å². The summed E-state index contributed by atoms with van der Waals surface area (Å²) in [5, 5.41) is 11.3. The first-order valence-electron chi connectivity index (χ1n) is 10.1. The maximum absolute atomic E-state index is 11.9. The van der Waals surface area contributed by atoms with Gasteiger partial charge in [-0.15, -0.1) is 0 Å². The summed E-state index contributed by atoms with van der Waals surface area (Å²) in [6.45, 7) is -0.432. The third-order valence-electron chi connectivity index (χ3n) is 4.80. The average molecular weight is 600 g/mol. The van der Waals surface area contributed by atoms with Crippen molar-refractivity contribution in [3.05, 3.63) is 72.3 Å². The number of carboxylic acids is 1. The highest BCUT2D eigenvalue weighted by atomic mass is 33.7. The molecule has 8 nitrogen and oxygen atoms in total. The topological polar surface area (TPSA) is 117 Å². The lowest BCUT2D eigenvalue weighted by Gasteiger charge is -2.40. The molecule has 0 radical (unpaired) electrons. The number of carbonyl (C=O) groups excluding carboxylic acids is 1. The first-order valence-corrected chi connectivity index (χ1v) is 19.8. The second-order valence-electron chi connectivity index (χ2n) is 7.17. The van der Waals surface area contributed by atoms with Gasteiger partial charge in [-0.3, -0.25) is 0 Å². The SMILES string of the molecule is COc1ccc(P2(=S)SP(=S)(c3ccc(OCOC(=O)Oc4cc(N)ccc4C(=O)O)cc3)S2)cc1. The minimum Gasteiger partial charge on any atom is -0.497 e. The fourth-order valence-corrected chi connectivity index (χ4v) is 45.3. The Bertz CT molecular complexity index is 1390. The molecule has 1 fully saturated rings. The van der Waals surface area contributed by atoms with Crippen LogP contribution in [-0.2, 0) is 28.4 Å². The van der Waals surface area contributed by atoms with Crippen LogP contribution in [0.25, 0.3) is 0 Å². The Hall–Kier alpha value is -2.20. The van der Waals surface area contributed by atoms with Gasteiger partial charge >= 0.3 is 12.1 Å². The molecule has 0 spiro atoms. The molecule has 1 aliphatic heterocycles. The monoisotopic (exact) mass is 599 g/mol. The molecule has 1 heterocycles. The van der Waals surface area contributed by atoms with E-state index in [2.05, 4.69) is 0 Å². The van der Waals surface area contributed by atoms with E-state index in [-0.39, 0.29) is 17.0 Å². The summed E-state index contributed by atoms with van der Waals surface area (Å²) in [6.07, 6.45) is -1.12. The summed E-state index contributed by atoms with van der Waals surface area (Å²) < 4.78 is 16.8. The maximum Gasteiger partial charge on any atom is 0.516 e. The zero-order chi connectivity index (χ0) is 25.9. The first-order chi connectivity index (χ1) is 17.1. The minimum absolute atomic E-state index is 0.219. The molecule has 3 N–H and O–H groups in total. The molecule has 0 aliphatic carbocycles. The number of aromatic carboxylic acids is 1. The summed E-state index contributed by atoms with van der Waals surface area (Å²) in [7, 11) is 1.63. The predicted molar refractivity (Wildman–Crippen MR) is 153 cm³/mol. The Morgan fingerprint density at radius 3 is 2.00 bits per heavy atom. The third-order valence-corrected chi connectivity index (χ3v) is 36.0. The maximum atomic E-state index is 11.9. The first kappa shape index (κ1) is 26.9. The molecule has 1 aliphatic rings. The van der Waals surface area contributed by atoms with Crippen LogP contribution < -0.4 is 30.6 Å². The van der Waals surface area contributed by atoms with Gasteiger partial charge in [0, 0.05) is 22.4 Å². The van der Waals surface area contributed by atoms with E-state index in [1.54, 1.807) is 41.2 Å². The van der Waals surface area contributed by atoms with E-state index in [0.29, 0.717) is 5.75 Å². The van der Waals surface area contributed by atoms with Crippen LogP contribution in [0.5, 0.6) is 17.2 Å². The van der Waals surface area contributed by atoms with Crippen molar-refractivity contribution in [3.63, 3.8) is 0 Å². The highest BCUT2D eigenvalue weighted by Crippen LogP contribution is 3.04. The van der Waals surface area contributed by atoms with Gasteiger partial charge in [0.05, 0.1) is 16.0 Å². The minimum atomic E-state index is -1.91. The van der Waals surface area contributed by atoms with Crippen molar-refractivity contribution in [2.45, 2.75) is 0 Å². The fourth-order valence-electron chi connectivity index (χ4n) is 3.03. The molecular formula is C22H19NO7P2S4. The van der Waals surface area contributed by atoms with E-state index in [0.717, 1.165) is 16.4 Å². The van der Waals surface area contributed by atoms with Crippen LogP contribution in [0.3, 0.4) is 0 Å². The number of benzene rings is 3. The van der Waals surface area contributed by atoms with Crippen molar-refractivity contribution in [3.8, 4) is 17.2 Å². The van der Waals surface area contributed by atoms with E-state index in [1.807, 2.05) is 36.4 Å². The second kappa shape index (κ2) is 11.0. The summed E-state index contributed by atoms with van der Waals surface area (Å²) in [5.74, 6) is -0.229. The van der Waals surface area contributed by atoms with Gasteiger partial charge in [0.1, 0.15) is 17.1 Å². The molecule has 0 saturated carbocycles. The molecule has 1 saturated heterocycles. The Kier molecular flexibility index (Phi) is 8.24. The highest BCUT2D eigenvalue weighted by molar-refractivity contribution is 9.48. The van der Waals surface area contributed by atoms with Gasteiger partial charge in [-0.25, -0.2) is 9.59 Å². The third kappa shape index (κ3) is 6.02. The average Bonchev–Trinajstić information content (AvgIpc) is 2.83. The molecule has 188 valence electrons. The van der Waals surface area contributed by atoms with Gasteiger partial charge in [0.25, 0.3) is 0 Å². The van der Waals surface area contributed by atoms with Crippen molar-refractivity contribution in [1.82, 2.24) is 0 Å². The van der Waals surface area contributed by atoms with E-state index < -0.39 is 27.8 Å². The van der Waals surface area contributed by atoms with Crippen molar-refractivity contribution >= 4 is 82.9 Å². The zero-order valence-electron chi connectivity index (χ0n) is 18.6. The lowest BCUT2D eigenvalue weighted by atomic mass is 10.2. The summed E-state index contributed by atoms with van der Waals surface area (Å²) in [5.41, 5.74) is 5.65. The number of methoxy groups -OCH3 is 1. The molecule has 0 atom stereocenters. The number of carboxylic acid groups (broad SMARTS) is 1. The van der Waals surface area contributed by atoms with Crippen LogP contribution in [0, 0.1) is 0 Å². The molecule has 0 aromatic heterocycles. The van der Waals surface area contributed by atoms with E-state index >= 15 is 0 Å². The lowest BCUT2D eigenvalue weighted by Crippen LogP contribution is -2.16. The standard InChI is InChI=1S/C22H19NO7P2S4/c1-27-15-3-7-17(8-4-15)31(33)35-32(34,36-31)18-9-5-16(6-10-18)28-13-29-22(26)30-20-12-14(23)2-11-19(20)21(24)25/h2-12H,13,23H2,1H3,(H,24,25). The molecule has 3 aromatic carbocycles. The Labute approximate surface area is 224 Å². The molecule has 4 rings (SSSR count). The summed E-state index contributed by atoms with van der Waals surface area (Å²) >= 11 is 15.4. The van der Waals surface area contributed by atoms with Gasteiger partial charge in [0.2, 0.25) is 6.79 Å². The molecule has 0 bridgehead atoms. The number of carbonyl (C=O) groups is 2. The van der Waals surface area contributed by atoms with Crippen molar-refractivity contribution in [1.29, 1.82) is 0 Å². The van der Waals surface area contributed by atoms with Crippen molar-refractivity contribution in [2.24, 2.45) is 0 Å². The molecule has 36 heavy (non-hydrogen) atoms. The number of anilines is 1. The number of rotatable bonds is 8. The molecule has 3 aromatic rings. The second-order valence-corrected chi connectivity index (χ2v) is 28.5. The summed E-state index contributed by atoms with van der Waals surface area (Å²) in [6, 6.07) is 19.0. The van der Waals surface area contributed by atoms with Crippen LogP contribution in [0.2, 0.25) is 0 Å². The van der Waals surface area contributed by atoms with Gasteiger partial charge in [-0.1, -0.05) is 45.6 Å². The van der Waals surface area contributed by atoms with Crippen LogP contribution in [0.1, 0.15) is 10.4 Å². The summed E-state index contributed by atoms with van der Waals surface area (Å²) in [4.78, 5) is 23.2. The Morgan fingerprint density at radius 2 is 1.47 bits per heavy atom. The van der Waals surface area contributed by atoms with Gasteiger partial charge < -0.3 is 29.8 Å². The number of hydrogen-bond donors (Lipinski definition) is 2. The van der Waals surface area contributed by atoms with Crippen LogP contribution in [0.15, 0.2) is 66.7 Å². The van der Waals surface area contributed by atoms with E-state index in [9.17, 15) is 14.7 Å². The highest BCUT2D eigenvalue weighted by Gasteiger charge is 2.45. The van der Waals surface area contributed by atoms with Crippen LogP contribution >= 0.6 is 30.9 Å². The molecular weight excluding hydrogens is 580 g/mol. The normalized spacial score (nSPS) is 20.6. The van der Waals surface area contributed by atoms with Crippen molar-refractivity contribution in [2.75, 3.05) is 19.6 Å². The number of nitrogen functional groups attached to an aromatic ring is 1. The Balaban J connectivity index is 1.30. The number of nitrogens with two attached hydrogens (primary N) is 1. The van der Waals surface area contributed by atoms with Crippen LogP contribution in [-0.4, -0.2) is 31.1 Å². The molecule has 14 heteroatoms. The number of ether oxygens (including phenoxy) is 4. The molecule has 0 unspecified atom stereocenters. The van der Waals surface area contributed by atoms with Gasteiger partial charge in [-0.05, 0) is 60.7 Å². The van der Waals surface area contributed by atoms with Crippen LogP contribution in [0.4, 0.5) is 10.5 Å². The largest absolute Gasteiger partial charge is 0.516 e. The van der Waals surface area contributed by atoms with E-state index in [4.69, 9.17) is 48.3 Å². The zero-order valence-corrected chi connectivity index (χ0v) is 23.6. The van der Waals surface area contributed by atoms with Gasteiger partial charge in [0.15, 0.2) is 5.75 Å².